The number of nitrogens with zero attached hydrogens (tertiary/aromatic N) is 3. The van der Waals surface area contributed by atoms with E-state index < -0.39 is 0 Å². The summed E-state index contributed by atoms with van der Waals surface area (Å²) in [5.74, 6) is 1.73. The molecule has 0 amide bonds. The number of ether oxygens (including phenoxy) is 2. The normalized spacial score (nSPS) is 24.9. The summed E-state index contributed by atoms with van der Waals surface area (Å²) in [6.45, 7) is 8.82. The Balaban J connectivity index is 0.00000243. The third-order valence-corrected chi connectivity index (χ3v) is 5.48. The molecule has 2 fully saturated rings. The van der Waals surface area contributed by atoms with Gasteiger partial charge in [-0.2, -0.15) is 0 Å². The van der Waals surface area contributed by atoms with E-state index in [2.05, 4.69) is 32.3 Å². The molecule has 7 heteroatoms. The lowest BCUT2D eigenvalue weighted by molar-refractivity contribution is 0.0203. The highest BCUT2D eigenvalue weighted by Gasteiger charge is 2.29. The van der Waals surface area contributed by atoms with Crippen LogP contribution in [-0.4, -0.2) is 88.0 Å². The van der Waals surface area contributed by atoms with Gasteiger partial charge in [-0.3, -0.25) is 9.89 Å². The lowest BCUT2D eigenvalue weighted by atomic mass is 10.0. The van der Waals surface area contributed by atoms with Gasteiger partial charge in [-0.1, -0.05) is 12.2 Å². The van der Waals surface area contributed by atoms with Crippen molar-refractivity contribution >= 4 is 29.9 Å². The number of aliphatic imine (C=N–C) groups is 1. The molecule has 1 N–H and O–H groups in total. The van der Waals surface area contributed by atoms with Crippen molar-refractivity contribution in [1.82, 2.24) is 15.1 Å². The van der Waals surface area contributed by atoms with Crippen molar-refractivity contribution in [3.8, 4) is 0 Å². The minimum Gasteiger partial charge on any atom is -0.381 e. The Morgan fingerprint density at radius 2 is 2.00 bits per heavy atom. The van der Waals surface area contributed by atoms with Gasteiger partial charge in [0.1, 0.15) is 0 Å². The number of nitrogens with one attached hydrogen (secondary N) is 1. The molecular weight excluding hydrogens is 443 g/mol. The van der Waals surface area contributed by atoms with E-state index in [1.54, 1.807) is 0 Å². The molecule has 3 aliphatic heterocycles. The van der Waals surface area contributed by atoms with Crippen LogP contribution in [0.4, 0.5) is 0 Å². The maximum absolute atomic E-state index is 5.84. The monoisotopic (exact) mass is 478 g/mol. The van der Waals surface area contributed by atoms with Crippen LogP contribution in [-0.2, 0) is 9.47 Å². The molecule has 0 saturated carbocycles. The fraction of sp³-hybridized carbons (Fsp3) is 0.842. The van der Waals surface area contributed by atoms with E-state index in [4.69, 9.17) is 9.47 Å². The summed E-state index contributed by atoms with van der Waals surface area (Å²) in [4.78, 5) is 9.41. The maximum Gasteiger partial charge on any atom is 0.193 e. The van der Waals surface area contributed by atoms with E-state index >= 15 is 0 Å². The van der Waals surface area contributed by atoms with Crippen LogP contribution in [0.2, 0.25) is 0 Å². The van der Waals surface area contributed by atoms with Crippen molar-refractivity contribution in [1.29, 1.82) is 0 Å². The first kappa shape index (κ1) is 21.9. The molecule has 0 aliphatic carbocycles. The Morgan fingerprint density at radius 3 is 2.73 bits per heavy atom. The fourth-order valence-corrected chi connectivity index (χ4v) is 3.89. The first-order valence-electron chi connectivity index (χ1n) is 9.87. The zero-order valence-corrected chi connectivity index (χ0v) is 18.4. The highest BCUT2D eigenvalue weighted by Crippen LogP contribution is 2.18. The Kier molecular flexibility index (Phi) is 10.2. The van der Waals surface area contributed by atoms with E-state index in [1.165, 1.54) is 6.42 Å². The minimum absolute atomic E-state index is 0. The van der Waals surface area contributed by atoms with Gasteiger partial charge in [-0.15, -0.1) is 24.0 Å². The van der Waals surface area contributed by atoms with Crippen LogP contribution in [0, 0.1) is 5.92 Å². The molecule has 0 spiro atoms. The van der Waals surface area contributed by atoms with E-state index in [-0.39, 0.29) is 24.0 Å². The number of halogens is 1. The van der Waals surface area contributed by atoms with E-state index in [0.717, 1.165) is 84.4 Å². The Bertz CT molecular complexity index is 447. The molecule has 3 heterocycles. The SMILES string of the molecule is CN=C(NCCCOCC1CCOCC1)N1CCC(N2CC=CC2)C1.I. The molecule has 3 rings (SSSR count). The van der Waals surface area contributed by atoms with Crippen molar-refractivity contribution in [3.05, 3.63) is 12.2 Å². The quantitative estimate of drug-likeness (QED) is 0.199. The van der Waals surface area contributed by atoms with E-state index in [0.29, 0.717) is 12.0 Å². The number of rotatable bonds is 7. The molecule has 26 heavy (non-hydrogen) atoms. The van der Waals surface area contributed by atoms with Gasteiger partial charge in [-0.25, -0.2) is 0 Å². The second-order valence-corrected chi connectivity index (χ2v) is 7.27. The predicted octanol–water partition coefficient (Wildman–Crippen LogP) is 1.96. The fourth-order valence-electron chi connectivity index (χ4n) is 3.89. The molecule has 0 aromatic heterocycles. The highest BCUT2D eigenvalue weighted by molar-refractivity contribution is 14.0. The number of likely N-dealkylation sites (tertiary alicyclic amines) is 1. The van der Waals surface area contributed by atoms with E-state index in [1.807, 2.05) is 7.05 Å². The largest absolute Gasteiger partial charge is 0.381 e. The number of guanidine groups is 1. The average Bonchev–Trinajstić information content (AvgIpc) is 3.33. The first-order chi connectivity index (χ1) is 12.4. The van der Waals surface area contributed by atoms with Gasteiger partial charge in [0, 0.05) is 72.2 Å². The van der Waals surface area contributed by atoms with Gasteiger partial charge >= 0.3 is 0 Å². The van der Waals surface area contributed by atoms with Crippen molar-refractivity contribution in [2.45, 2.75) is 31.7 Å². The second-order valence-electron chi connectivity index (χ2n) is 7.27. The molecule has 3 aliphatic rings. The molecule has 0 aromatic carbocycles. The van der Waals surface area contributed by atoms with Crippen molar-refractivity contribution in [2.75, 3.05) is 66.2 Å². The third-order valence-electron chi connectivity index (χ3n) is 5.48. The topological polar surface area (TPSA) is 49.3 Å². The molecule has 0 bridgehead atoms. The first-order valence-corrected chi connectivity index (χ1v) is 9.87. The van der Waals surface area contributed by atoms with Gasteiger partial charge in [-0.05, 0) is 31.6 Å². The molecule has 6 nitrogen and oxygen atoms in total. The molecule has 150 valence electrons. The smallest absolute Gasteiger partial charge is 0.193 e. The lowest BCUT2D eigenvalue weighted by Crippen LogP contribution is -2.43. The van der Waals surface area contributed by atoms with Crippen LogP contribution in [0.3, 0.4) is 0 Å². The minimum atomic E-state index is 0. The maximum atomic E-state index is 5.84. The number of hydrogen-bond donors (Lipinski definition) is 1. The second kappa shape index (κ2) is 12.2. The van der Waals surface area contributed by atoms with Crippen molar-refractivity contribution < 1.29 is 9.47 Å². The molecular formula is C19H35IN4O2. The van der Waals surface area contributed by atoms with Crippen LogP contribution in [0.5, 0.6) is 0 Å². The summed E-state index contributed by atoms with van der Waals surface area (Å²) >= 11 is 0. The van der Waals surface area contributed by atoms with Crippen LogP contribution in [0.15, 0.2) is 17.1 Å². The van der Waals surface area contributed by atoms with Crippen LogP contribution >= 0.6 is 24.0 Å². The lowest BCUT2D eigenvalue weighted by Gasteiger charge is -2.25. The van der Waals surface area contributed by atoms with E-state index in [9.17, 15) is 0 Å². The third kappa shape index (κ3) is 6.65. The van der Waals surface area contributed by atoms with Crippen molar-refractivity contribution in [2.24, 2.45) is 10.9 Å². The summed E-state index contributed by atoms with van der Waals surface area (Å²) < 4.78 is 11.2. The molecule has 2 saturated heterocycles. The van der Waals surface area contributed by atoms with Gasteiger partial charge in [0.2, 0.25) is 0 Å². The molecule has 0 radical (unpaired) electrons. The summed E-state index contributed by atoms with van der Waals surface area (Å²) in [7, 11) is 1.88. The van der Waals surface area contributed by atoms with Crippen LogP contribution in [0.25, 0.3) is 0 Å². The summed E-state index contributed by atoms with van der Waals surface area (Å²) in [6.07, 6.45) is 9.10. The predicted molar refractivity (Wildman–Crippen MR) is 116 cm³/mol. The van der Waals surface area contributed by atoms with Gasteiger partial charge in [0.05, 0.1) is 0 Å². The van der Waals surface area contributed by atoms with Gasteiger partial charge < -0.3 is 19.7 Å². The molecule has 0 aromatic rings. The van der Waals surface area contributed by atoms with Crippen LogP contribution in [0.1, 0.15) is 25.7 Å². The molecule has 1 atom stereocenters. The van der Waals surface area contributed by atoms with Crippen LogP contribution < -0.4 is 5.32 Å². The van der Waals surface area contributed by atoms with Gasteiger partial charge in [0.15, 0.2) is 5.96 Å². The van der Waals surface area contributed by atoms with Crippen molar-refractivity contribution in [3.63, 3.8) is 0 Å². The average molecular weight is 478 g/mol. The summed E-state index contributed by atoms with van der Waals surface area (Å²) in [6, 6.07) is 0.663. The summed E-state index contributed by atoms with van der Waals surface area (Å²) in [5.41, 5.74) is 0. The highest BCUT2D eigenvalue weighted by atomic mass is 127. The number of hydrogen-bond acceptors (Lipinski definition) is 4. The van der Waals surface area contributed by atoms with Gasteiger partial charge in [0.25, 0.3) is 0 Å². The summed E-state index contributed by atoms with van der Waals surface area (Å²) in [5, 5.41) is 3.50. The Morgan fingerprint density at radius 1 is 1.23 bits per heavy atom. The standard InChI is InChI=1S/C19H34N4O2.HI/c1-20-19(23-11-5-18(15-23)22-9-2-3-10-22)21-8-4-12-25-16-17-6-13-24-14-7-17;/h2-3,17-18H,4-16H2,1H3,(H,20,21);1H. The zero-order valence-electron chi connectivity index (χ0n) is 16.1. The zero-order chi connectivity index (χ0) is 17.3. The Labute approximate surface area is 175 Å². The Hall–Kier alpha value is -0.380. The molecule has 1 unspecified atom stereocenters.